The Morgan fingerprint density at radius 1 is 1.25 bits per heavy atom. The molecule has 1 aliphatic rings. The van der Waals surface area contributed by atoms with Crippen molar-refractivity contribution in [1.29, 1.82) is 0 Å². The van der Waals surface area contributed by atoms with Gasteiger partial charge in [0.05, 0.1) is 0 Å². The van der Waals surface area contributed by atoms with Crippen molar-refractivity contribution in [2.75, 3.05) is 13.1 Å². The summed E-state index contributed by atoms with van der Waals surface area (Å²) in [5.74, 6) is -0.106. The molecule has 1 unspecified atom stereocenters. The zero-order valence-electron chi connectivity index (χ0n) is 12.6. The minimum Gasteiger partial charge on any atom is -0.356 e. The zero-order valence-corrected chi connectivity index (χ0v) is 12.6. The van der Waals surface area contributed by atoms with Crippen LogP contribution in [0.4, 0.5) is 0 Å². The third-order valence-corrected chi connectivity index (χ3v) is 3.58. The second kappa shape index (κ2) is 8.72. The first kappa shape index (κ1) is 16.7. The first-order valence-corrected chi connectivity index (χ1v) is 7.67. The summed E-state index contributed by atoms with van der Waals surface area (Å²) in [6.45, 7) is 5.11. The lowest BCUT2D eigenvalue weighted by molar-refractivity contribution is -0.139. The van der Waals surface area contributed by atoms with Gasteiger partial charge >= 0.3 is 0 Å². The molecule has 0 aromatic carbocycles. The van der Waals surface area contributed by atoms with Crippen LogP contribution in [0.25, 0.3) is 0 Å². The number of imide groups is 1. The molecular weight excluding hydrogens is 256 g/mol. The van der Waals surface area contributed by atoms with Crippen LogP contribution >= 0.6 is 0 Å². The molecule has 0 spiro atoms. The molecule has 3 amide bonds. The fraction of sp³-hybridized carbons (Fsp3) is 0.800. The van der Waals surface area contributed by atoms with Crippen LogP contribution in [0, 0.1) is 5.92 Å². The average Bonchev–Trinajstić information content (AvgIpc) is 2.66. The average molecular weight is 282 g/mol. The standard InChI is InChI=1S/C15H26N2O3/c1-3-9-16-13(18)8-6-4-5-7-10-17-14(19)11-12(2)15(17)20/h12H,3-11H2,1-2H3,(H,16,18). The minimum atomic E-state index is -0.148. The van der Waals surface area contributed by atoms with Gasteiger partial charge in [0.1, 0.15) is 0 Å². The molecule has 1 N–H and O–H groups in total. The summed E-state index contributed by atoms with van der Waals surface area (Å²) in [5.41, 5.74) is 0. The molecule has 1 rings (SSSR count). The molecule has 5 heteroatoms. The minimum absolute atomic E-state index is 0.0334. The smallest absolute Gasteiger partial charge is 0.232 e. The number of nitrogens with one attached hydrogen (secondary N) is 1. The molecule has 1 aliphatic heterocycles. The van der Waals surface area contributed by atoms with Crippen molar-refractivity contribution in [3.63, 3.8) is 0 Å². The summed E-state index contributed by atoms with van der Waals surface area (Å²) in [6.07, 6.45) is 5.50. The number of hydrogen-bond acceptors (Lipinski definition) is 3. The van der Waals surface area contributed by atoms with E-state index in [0.29, 0.717) is 19.4 Å². The molecule has 0 aromatic heterocycles. The van der Waals surface area contributed by atoms with E-state index in [1.165, 1.54) is 4.90 Å². The maximum Gasteiger partial charge on any atom is 0.232 e. The summed E-state index contributed by atoms with van der Waals surface area (Å²) < 4.78 is 0. The van der Waals surface area contributed by atoms with Crippen LogP contribution in [0.1, 0.15) is 58.8 Å². The molecule has 0 radical (unpaired) electrons. The van der Waals surface area contributed by atoms with E-state index in [-0.39, 0.29) is 23.6 Å². The SMILES string of the molecule is CCCNC(=O)CCCCCCN1C(=O)CC(C)C1=O. The molecule has 114 valence electrons. The normalized spacial score (nSPS) is 18.7. The molecule has 5 nitrogen and oxygen atoms in total. The largest absolute Gasteiger partial charge is 0.356 e. The first-order valence-electron chi connectivity index (χ1n) is 7.67. The lowest BCUT2D eigenvalue weighted by Gasteiger charge is -2.13. The number of amides is 3. The quantitative estimate of drug-likeness (QED) is 0.518. The Morgan fingerprint density at radius 2 is 1.95 bits per heavy atom. The van der Waals surface area contributed by atoms with E-state index >= 15 is 0 Å². The number of nitrogens with zero attached hydrogens (tertiary/aromatic N) is 1. The maximum absolute atomic E-state index is 11.7. The molecule has 1 heterocycles. The summed E-state index contributed by atoms with van der Waals surface area (Å²) in [6, 6.07) is 0. The molecule has 20 heavy (non-hydrogen) atoms. The van der Waals surface area contributed by atoms with Crippen LogP contribution < -0.4 is 5.32 Å². The molecule has 0 aliphatic carbocycles. The third-order valence-electron chi connectivity index (χ3n) is 3.58. The Morgan fingerprint density at radius 3 is 2.55 bits per heavy atom. The van der Waals surface area contributed by atoms with Crippen molar-refractivity contribution < 1.29 is 14.4 Å². The molecule has 1 saturated heterocycles. The Labute approximate surface area is 121 Å². The summed E-state index contributed by atoms with van der Waals surface area (Å²) in [4.78, 5) is 36.0. The van der Waals surface area contributed by atoms with Crippen molar-refractivity contribution in [3.05, 3.63) is 0 Å². The van der Waals surface area contributed by atoms with Crippen LogP contribution in [0.15, 0.2) is 0 Å². The van der Waals surface area contributed by atoms with E-state index in [9.17, 15) is 14.4 Å². The van der Waals surface area contributed by atoms with Crippen LogP contribution in [0.2, 0.25) is 0 Å². The van der Waals surface area contributed by atoms with E-state index in [0.717, 1.165) is 38.6 Å². The van der Waals surface area contributed by atoms with Gasteiger partial charge in [-0.15, -0.1) is 0 Å². The Kier molecular flexibility index (Phi) is 7.26. The summed E-state index contributed by atoms with van der Waals surface area (Å²) in [5, 5.41) is 2.85. The summed E-state index contributed by atoms with van der Waals surface area (Å²) in [7, 11) is 0. The highest BCUT2D eigenvalue weighted by Gasteiger charge is 2.34. The fourth-order valence-electron chi connectivity index (χ4n) is 2.35. The van der Waals surface area contributed by atoms with Crippen molar-refractivity contribution in [3.8, 4) is 0 Å². The first-order chi connectivity index (χ1) is 9.56. The van der Waals surface area contributed by atoms with Gasteiger partial charge in [-0.2, -0.15) is 0 Å². The van der Waals surface area contributed by atoms with Gasteiger partial charge in [-0.3, -0.25) is 19.3 Å². The van der Waals surface area contributed by atoms with Gasteiger partial charge < -0.3 is 5.32 Å². The van der Waals surface area contributed by atoms with Crippen LogP contribution in [-0.4, -0.2) is 35.7 Å². The molecular formula is C15H26N2O3. The number of carbonyl (C=O) groups is 3. The van der Waals surface area contributed by atoms with Crippen LogP contribution in [0.3, 0.4) is 0 Å². The molecule has 1 atom stereocenters. The van der Waals surface area contributed by atoms with E-state index in [4.69, 9.17) is 0 Å². The van der Waals surface area contributed by atoms with E-state index in [2.05, 4.69) is 5.32 Å². The monoisotopic (exact) mass is 282 g/mol. The molecule has 0 bridgehead atoms. The van der Waals surface area contributed by atoms with Gasteiger partial charge in [0.15, 0.2) is 0 Å². The maximum atomic E-state index is 11.7. The summed E-state index contributed by atoms with van der Waals surface area (Å²) >= 11 is 0. The van der Waals surface area contributed by atoms with Gasteiger partial charge in [-0.1, -0.05) is 26.7 Å². The Bertz CT molecular complexity index is 355. The van der Waals surface area contributed by atoms with Crippen molar-refractivity contribution in [2.24, 2.45) is 5.92 Å². The number of likely N-dealkylation sites (tertiary alicyclic amines) is 1. The van der Waals surface area contributed by atoms with Crippen LogP contribution in [0.5, 0.6) is 0 Å². The second-order valence-electron chi connectivity index (χ2n) is 5.50. The van der Waals surface area contributed by atoms with Gasteiger partial charge in [-0.05, 0) is 19.3 Å². The number of hydrogen-bond donors (Lipinski definition) is 1. The third kappa shape index (κ3) is 5.31. The van der Waals surface area contributed by atoms with Crippen molar-refractivity contribution in [1.82, 2.24) is 10.2 Å². The zero-order chi connectivity index (χ0) is 15.0. The lowest BCUT2D eigenvalue weighted by Crippen LogP contribution is -2.31. The topological polar surface area (TPSA) is 66.5 Å². The predicted octanol–water partition coefficient (Wildman–Crippen LogP) is 1.86. The number of unbranched alkanes of at least 4 members (excludes halogenated alkanes) is 3. The predicted molar refractivity (Wildman–Crippen MR) is 76.9 cm³/mol. The molecule has 0 aromatic rings. The van der Waals surface area contributed by atoms with E-state index in [1.54, 1.807) is 6.92 Å². The highest BCUT2D eigenvalue weighted by atomic mass is 16.2. The van der Waals surface area contributed by atoms with Crippen molar-refractivity contribution >= 4 is 17.7 Å². The van der Waals surface area contributed by atoms with Crippen LogP contribution in [-0.2, 0) is 14.4 Å². The molecule has 0 saturated carbocycles. The van der Waals surface area contributed by atoms with E-state index in [1.807, 2.05) is 6.92 Å². The van der Waals surface area contributed by atoms with Crippen molar-refractivity contribution in [2.45, 2.75) is 58.8 Å². The molecule has 1 fully saturated rings. The number of carbonyl (C=O) groups excluding carboxylic acids is 3. The van der Waals surface area contributed by atoms with Gasteiger partial charge in [0, 0.05) is 31.8 Å². The highest BCUT2D eigenvalue weighted by molar-refractivity contribution is 6.03. The highest BCUT2D eigenvalue weighted by Crippen LogP contribution is 2.19. The Balaban J connectivity index is 2.04. The number of rotatable bonds is 9. The van der Waals surface area contributed by atoms with Gasteiger partial charge in [0.25, 0.3) is 0 Å². The van der Waals surface area contributed by atoms with Gasteiger partial charge in [0.2, 0.25) is 17.7 Å². The lowest BCUT2D eigenvalue weighted by atomic mass is 10.1. The Hall–Kier alpha value is -1.39. The van der Waals surface area contributed by atoms with E-state index < -0.39 is 0 Å². The van der Waals surface area contributed by atoms with Gasteiger partial charge in [-0.25, -0.2) is 0 Å². The fourth-order valence-corrected chi connectivity index (χ4v) is 2.35. The second-order valence-corrected chi connectivity index (χ2v) is 5.50.